The first-order valence-corrected chi connectivity index (χ1v) is 9.25. The van der Waals surface area contributed by atoms with Crippen molar-refractivity contribution in [3.63, 3.8) is 0 Å². The van der Waals surface area contributed by atoms with E-state index in [1.807, 2.05) is 0 Å². The van der Waals surface area contributed by atoms with E-state index in [1.165, 1.54) is 17.4 Å². The number of anilines is 2. The van der Waals surface area contributed by atoms with Crippen LogP contribution in [0.4, 0.5) is 10.8 Å². The van der Waals surface area contributed by atoms with Gasteiger partial charge in [-0.2, -0.15) is 0 Å². The minimum Gasteiger partial charge on any atom is -0.391 e. The third-order valence-corrected chi connectivity index (χ3v) is 5.15. The number of aliphatic hydroxyl groups excluding tert-OH is 1. The Hall–Kier alpha value is -2.33. The fourth-order valence-electron chi connectivity index (χ4n) is 2.18. The first kappa shape index (κ1) is 16.5. The number of hydrogen-bond donors (Lipinski definition) is 3. The average Bonchev–Trinajstić information content (AvgIpc) is 2.98. The van der Waals surface area contributed by atoms with Gasteiger partial charge in [-0.05, 0) is 24.3 Å². The zero-order valence-corrected chi connectivity index (χ0v) is 14.0. The molecule has 4 N–H and O–H groups in total. The van der Waals surface area contributed by atoms with Gasteiger partial charge in [0.05, 0.1) is 22.9 Å². The number of pyridine rings is 1. The quantitative estimate of drug-likeness (QED) is 0.639. The van der Waals surface area contributed by atoms with Crippen LogP contribution in [0.5, 0.6) is 0 Å². The van der Waals surface area contributed by atoms with Crippen LogP contribution in [0.3, 0.4) is 0 Å². The van der Waals surface area contributed by atoms with Crippen LogP contribution in [-0.2, 0) is 16.6 Å². The molecule has 0 aliphatic rings. The summed E-state index contributed by atoms with van der Waals surface area (Å²) in [6, 6.07) is 9.89. The van der Waals surface area contributed by atoms with E-state index < -0.39 is 10.0 Å². The lowest BCUT2D eigenvalue weighted by Gasteiger charge is -2.07. The summed E-state index contributed by atoms with van der Waals surface area (Å²) < 4.78 is 23.3. The number of sulfonamides is 1. The molecule has 0 radical (unpaired) electrons. The maximum Gasteiger partial charge on any atom is 0.240 e. The number of rotatable bonds is 5. The summed E-state index contributed by atoms with van der Waals surface area (Å²) in [5.41, 5.74) is 1.78. The number of hydrogen-bond acceptors (Lipinski definition) is 7. The number of aliphatic hydroxyl groups is 1. The molecule has 0 spiro atoms. The first-order valence-electron chi connectivity index (χ1n) is 6.89. The Bertz CT molecular complexity index is 956. The third-order valence-electron chi connectivity index (χ3n) is 3.23. The topological polar surface area (TPSA) is 118 Å². The maximum atomic E-state index is 11.7. The molecule has 3 aromatic rings. The normalized spacial score (nSPS) is 11.4. The summed E-state index contributed by atoms with van der Waals surface area (Å²) >= 11 is 1.24. The standard InChI is InChI=1S/C15H14N4O3S2/c16-24(21,22)13-4-2-1-3-11(13)18-15-19-14(12(9-20)23-15)10-5-7-17-8-6-10/h1-8,20H,9H2,(H,18,19)(H2,16,21,22). The van der Waals surface area contributed by atoms with Crippen LogP contribution in [0.1, 0.15) is 4.88 Å². The maximum absolute atomic E-state index is 11.7. The molecule has 0 atom stereocenters. The molecule has 7 nitrogen and oxygen atoms in total. The number of nitrogens with two attached hydrogens (primary N) is 1. The monoisotopic (exact) mass is 362 g/mol. The van der Waals surface area contributed by atoms with Crippen molar-refractivity contribution < 1.29 is 13.5 Å². The summed E-state index contributed by atoms with van der Waals surface area (Å²) in [4.78, 5) is 9.06. The van der Waals surface area contributed by atoms with Crippen molar-refractivity contribution in [2.75, 3.05) is 5.32 Å². The second-order valence-corrected chi connectivity index (χ2v) is 7.46. The second kappa shape index (κ2) is 6.65. The number of thiazole rings is 1. The van der Waals surface area contributed by atoms with Crippen molar-refractivity contribution >= 4 is 32.2 Å². The van der Waals surface area contributed by atoms with Gasteiger partial charge in [-0.3, -0.25) is 4.98 Å². The van der Waals surface area contributed by atoms with Gasteiger partial charge in [-0.25, -0.2) is 18.5 Å². The summed E-state index contributed by atoms with van der Waals surface area (Å²) in [7, 11) is -3.86. The molecule has 0 aliphatic carbocycles. The molecular formula is C15H14N4O3S2. The van der Waals surface area contributed by atoms with E-state index in [1.54, 1.807) is 42.7 Å². The van der Waals surface area contributed by atoms with Gasteiger partial charge in [-0.1, -0.05) is 23.5 Å². The van der Waals surface area contributed by atoms with Gasteiger partial charge in [-0.15, -0.1) is 0 Å². The van der Waals surface area contributed by atoms with E-state index in [2.05, 4.69) is 15.3 Å². The highest BCUT2D eigenvalue weighted by Crippen LogP contribution is 2.33. The molecule has 0 bridgehead atoms. The molecule has 2 heterocycles. The molecule has 0 saturated heterocycles. The van der Waals surface area contributed by atoms with E-state index in [4.69, 9.17) is 5.14 Å². The predicted molar refractivity (Wildman–Crippen MR) is 92.4 cm³/mol. The van der Waals surface area contributed by atoms with Crippen LogP contribution in [0.15, 0.2) is 53.7 Å². The summed E-state index contributed by atoms with van der Waals surface area (Å²) in [5.74, 6) is 0. The predicted octanol–water partition coefficient (Wildman–Crippen LogP) is 2.09. The fourth-order valence-corrected chi connectivity index (χ4v) is 3.73. The summed E-state index contributed by atoms with van der Waals surface area (Å²) in [6.45, 7) is -0.173. The van der Waals surface area contributed by atoms with Crippen molar-refractivity contribution in [3.05, 3.63) is 53.7 Å². The molecular weight excluding hydrogens is 348 g/mol. The molecule has 124 valence electrons. The van der Waals surface area contributed by atoms with E-state index in [-0.39, 0.29) is 11.5 Å². The number of para-hydroxylation sites is 1. The molecule has 0 unspecified atom stereocenters. The molecule has 3 rings (SSSR count). The van der Waals surface area contributed by atoms with E-state index >= 15 is 0 Å². The van der Waals surface area contributed by atoms with Crippen molar-refractivity contribution in [2.24, 2.45) is 5.14 Å². The Balaban J connectivity index is 2.00. The Morgan fingerprint density at radius 3 is 2.54 bits per heavy atom. The summed E-state index contributed by atoms with van der Waals surface area (Å²) in [6.07, 6.45) is 3.28. The van der Waals surface area contributed by atoms with Gasteiger partial charge < -0.3 is 10.4 Å². The molecule has 2 aromatic heterocycles. The molecule has 9 heteroatoms. The SMILES string of the molecule is NS(=O)(=O)c1ccccc1Nc1nc(-c2ccncc2)c(CO)s1. The second-order valence-electron chi connectivity index (χ2n) is 4.85. The Kier molecular flexibility index (Phi) is 4.58. The Morgan fingerprint density at radius 1 is 1.17 bits per heavy atom. The minimum absolute atomic E-state index is 0.0174. The number of nitrogens with one attached hydrogen (secondary N) is 1. The average molecular weight is 362 g/mol. The van der Waals surface area contributed by atoms with Gasteiger partial charge in [0.15, 0.2) is 5.13 Å². The molecule has 0 aliphatic heterocycles. The zero-order chi connectivity index (χ0) is 17.2. The molecule has 0 fully saturated rings. The molecule has 0 amide bonds. The van der Waals surface area contributed by atoms with Crippen LogP contribution >= 0.6 is 11.3 Å². The van der Waals surface area contributed by atoms with Gasteiger partial charge in [0, 0.05) is 18.0 Å². The van der Waals surface area contributed by atoms with Crippen LogP contribution in [0.25, 0.3) is 11.3 Å². The number of nitrogens with zero attached hydrogens (tertiary/aromatic N) is 2. The van der Waals surface area contributed by atoms with Crippen LogP contribution in [-0.4, -0.2) is 23.5 Å². The zero-order valence-electron chi connectivity index (χ0n) is 12.4. The minimum atomic E-state index is -3.86. The van der Waals surface area contributed by atoms with Gasteiger partial charge in [0.2, 0.25) is 10.0 Å². The van der Waals surface area contributed by atoms with Crippen LogP contribution in [0.2, 0.25) is 0 Å². The highest BCUT2D eigenvalue weighted by Gasteiger charge is 2.17. The first-order chi connectivity index (χ1) is 11.5. The van der Waals surface area contributed by atoms with Crippen molar-refractivity contribution in [2.45, 2.75) is 11.5 Å². The van der Waals surface area contributed by atoms with Crippen molar-refractivity contribution in [3.8, 4) is 11.3 Å². The Labute approximate surface area is 142 Å². The fraction of sp³-hybridized carbons (Fsp3) is 0.0667. The lowest BCUT2D eigenvalue weighted by molar-refractivity contribution is 0.286. The largest absolute Gasteiger partial charge is 0.391 e. The molecule has 1 aromatic carbocycles. The molecule has 0 saturated carbocycles. The van der Waals surface area contributed by atoms with Crippen LogP contribution in [0, 0.1) is 0 Å². The lowest BCUT2D eigenvalue weighted by atomic mass is 10.2. The van der Waals surface area contributed by atoms with E-state index in [9.17, 15) is 13.5 Å². The Morgan fingerprint density at radius 2 is 1.88 bits per heavy atom. The van der Waals surface area contributed by atoms with Gasteiger partial charge >= 0.3 is 0 Å². The summed E-state index contributed by atoms with van der Waals surface area (Å²) in [5, 5.41) is 18.2. The molecule has 24 heavy (non-hydrogen) atoms. The van der Waals surface area contributed by atoms with Crippen molar-refractivity contribution in [1.29, 1.82) is 0 Å². The lowest BCUT2D eigenvalue weighted by Crippen LogP contribution is -2.13. The van der Waals surface area contributed by atoms with Gasteiger partial charge in [0.1, 0.15) is 4.90 Å². The number of primary sulfonamides is 1. The number of aromatic nitrogens is 2. The van der Waals surface area contributed by atoms with E-state index in [0.717, 1.165) is 5.56 Å². The smallest absolute Gasteiger partial charge is 0.240 e. The van der Waals surface area contributed by atoms with Gasteiger partial charge in [0.25, 0.3) is 0 Å². The van der Waals surface area contributed by atoms with E-state index in [0.29, 0.717) is 21.4 Å². The number of benzene rings is 1. The highest BCUT2D eigenvalue weighted by atomic mass is 32.2. The highest BCUT2D eigenvalue weighted by molar-refractivity contribution is 7.89. The van der Waals surface area contributed by atoms with Crippen molar-refractivity contribution in [1.82, 2.24) is 9.97 Å². The van der Waals surface area contributed by atoms with Crippen LogP contribution < -0.4 is 10.5 Å². The third kappa shape index (κ3) is 3.44.